The maximum Gasteiger partial charge on any atom is 0.326 e. The SMILES string of the molecule is CN(C)CCN1CCN(CC(=O)c2cc(-c3ccccc3Cl)c3c(c2)N(c2c(Cl)cccc2Cl)C(=O)NC3)CC1. The maximum atomic E-state index is 13.8. The van der Waals surface area contributed by atoms with E-state index in [4.69, 9.17) is 34.8 Å². The van der Waals surface area contributed by atoms with Crippen LogP contribution in [0.1, 0.15) is 15.9 Å². The Hall–Kier alpha value is -2.65. The van der Waals surface area contributed by atoms with Gasteiger partial charge in [-0.15, -0.1) is 0 Å². The molecule has 0 aromatic heterocycles. The standard InChI is InChI=1S/C30H32Cl3N5O2/c1-35(2)10-11-36-12-14-37(15-13-36)19-28(39)20-16-22(21-6-3-4-7-24(21)31)23-18-34-30(40)38(27(23)17-20)29-25(32)8-5-9-26(29)33/h3-9,16-17H,10-15,18-19H2,1-2H3,(H,34,40). The minimum Gasteiger partial charge on any atom is -0.333 e. The number of carbonyl (C=O) groups is 2. The smallest absolute Gasteiger partial charge is 0.326 e. The molecule has 0 spiro atoms. The minimum atomic E-state index is -0.369. The summed E-state index contributed by atoms with van der Waals surface area (Å²) < 4.78 is 0. The summed E-state index contributed by atoms with van der Waals surface area (Å²) >= 11 is 19.7. The molecule has 5 rings (SSSR count). The number of rotatable bonds is 8. The van der Waals surface area contributed by atoms with Gasteiger partial charge in [0.05, 0.1) is 28.0 Å². The summed E-state index contributed by atoms with van der Waals surface area (Å²) in [6.45, 7) is 6.10. The van der Waals surface area contributed by atoms with Gasteiger partial charge in [0.15, 0.2) is 5.78 Å². The molecule has 2 amide bonds. The van der Waals surface area contributed by atoms with Gasteiger partial charge in [0.25, 0.3) is 0 Å². The van der Waals surface area contributed by atoms with E-state index in [2.05, 4.69) is 34.1 Å². The van der Waals surface area contributed by atoms with Crippen LogP contribution < -0.4 is 10.2 Å². The van der Waals surface area contributed by atoms with Gasteiger partial charge in [-0.3, -0.25) is 19.5 Å². The highest BCUT2D eigenvalue weighted by Gasteiger charge is 2.32. The number of nitrogens with one attached hydrogen (secondary N) is 1. The first-order valence-corrected chi connectivity index (χ1v) is 14.4. The van der Waals surface area contributed by atoms with Crippen LogP contribution in [0, 0.1) is 0 Å². The molecule has 1 fully saturated rings. The zero-order valence-corrected chi connectivity index (χ0v) is 24.9. The highest BCUT2D eigenvalue weighted by atomic mass is 35.5. The van der Waals surface area contributed by atoms with E-state index < -0.39 is 0 Å². The van der Waals surface area contributed by atoms with E-state index in [1.165, 1.54) is 4.90 Å². The molecular formula is C30H32Cl3N5O2. The molecule has 1 N–H and O–H groups in total. The Bertz CT molecular complexity index is 1400. The average Bonchev–Trinajstić information content (AvgIpc) is 2.93. The highest BCUT2D eigenvalue weighted by molar-refractivity contribution is 6.40. The van der Waals surface area contributed by atoms with E-state index >= 15 is 0 Å². The van der Waals surface area contributed by atoms with E-state index in [0.29, 0.717) is 38.6 Å². The number of fused-ring (bicyclic) bond motifs is 1. The Morgan fingerprint density at radius 3 is 2.20 bits per heavy atom. The molecular weight excluding hydrogens is 569 g/mol. The Morgan fingerprint density at radius 1 is 0.875 bits per heavy atom. The number of hydrogen-bond acceptors (Lipinski definition) is 5. The third-order valence-corrected chi connectivity index (χ3v) is 8.37. The third kappa shape index (κ3) is 6.15. The first kappa shape index (κ1) is 28.9. The van der Waals surface area contributed by atoms with Gasteiger partial charge in [-0.1, -0.05) is 59.1 Å². The fourth-order valence-corrected chi connectivity index (χ4v) is 6.01. The molecule has 2 aliphatic heterocycles. The second-order valence-corrected chi connectivity index (χ2v) is 11.6. The van der Waals surface area contributed by atoms with E-state index in [9.17, 15) is 9.59 Å². The van der Waals surface area contributed by atoms with Crippen molar-refractivity contribution in [2.24, 2.45) is 0 Å². The van der Waals surface area contributed by atoms with Crippen LogP contribution in [0.15, 0.2) is 54.6 Å². The Balaban J connectivity index is 1.51. The van der Waals surface area contributed by atoms with Gasteiger partial charge >= 0.3 is 6.03 Å². The van der Waals surface area contributed by atoms with Crippen LogP contribution in [-0.2, 0) is 6.54 Å². The first-order valence-electron chi connectivity index (χ1n) is 13.3. The molecule has 3 aromatic carbocycles. The minimum absolute atomic E-state index is 0.0194. The molecule has 40 heavy (non-hydrogen) atoms. The van der Waals surface area contributed by atoms with Crippen LogP contribution in [0.25, 0.3) is 11.1 Å². The summed E-state index contributed by atoms with van der Waals surface area (Å²) in [6.07, 6.45) is 0. The average molecular weight is 601 g/mol. The van der Waals surface area contributed by atoms with Gasteiger partial charge in [-0.2, -0.15) is 0 Å². The monoisotopic (exact) mass is 599 g/mol. The van der Waals surface area contributed by atoms with Gasteiger partial charge in [0.1, 0.15) is 0 Å². The lowest BCUT2D eigenvalue weighted by molar-refractivity contribution is 0.0844. The van der Waals surface area contributed by atoms with Crippen molar-refractivity contribution < 1.29 is 9.59 Å². The number of amides is 2. The quantitative estimate of drug-likeness (QED) is 0.320. The largest absolute Gasteiger partial charge is 0.333 e. The summed E-state index contributed by atoms with van der Waals surface area (Å²) in [5.74, 6) is -0.0194. The van der Waals surface area contributed by atoms with Crippen molar-refractivity contribution in [2.75, 3.05) is 64.8 Å². The summed E-state index contributed by atoms with van der Waals surface area (Å²) in [4.78, 5) is 35.3. The number of likely N-dealkylation sites (N-methyl/N-ethyl adjacent to an activating group) is 1. The van der Waals surface area contributed by atoms with Gasteiger partial charge in [-0.25, -0.2) is 4.79 Å². The number of carbonyl (C=O) groups excluding carboxylic acids is 2. The number of ketones is 1. The Kier molecular flexibility index (Phi) is 9.00. The third-order valence-electron chi connectivity index (χ3n) is 7.43. The number of urea groups is 1. The van der Waals surface area contributed by atoms with Crippen molar-refractivity contribution in [2.45, 2.75) is 6.54 Å². The molecule has 210 valence electrons. The van der Waals surface area contributed by atoms with Crippen LogP contribution in [0.2, 0.25) is 15.1 Å². The van der Waals surface area contributed by atoms with E-state index in [1.807, 2.05) is 30.3 Å². The number of para-hydroxylation sites is 1. The van der Waals surface area contributed by atoms with Crippen LogP contribution >= 0.6 is 34.8 Å². The predicted octanol–water partition coefficient (Wildman–Crippen LogP) is 6.04. The van der Waals surface area contributed by atoms with Crippen molar-refractivity contribution in [3.8, 4) is 11.1 Å². The molecule has 2 aliphatic rings. The number of hydrogen-bond donors (Lipinski definition) is 1. The Labute approximate surface area is 250 Å². The second kappa shape index (κ2) is 12.5. The van der Waals surface area contributed by atoms with Crippen molar-refractivity contribution in [1.82, 2.24) is 20.0 Å². The summed E-state index contributed by atoms with van der Waals surface area (Å²) in [5, 5.41) is 4.15. The molecule has 2 heterocycles. The zero-order chi connectivity index (χ0) is 28.4. The topological polar surface area (TPSA) is 59.1 Å². The number of anilines is 2. The molecule has 0 unspecified atom stereocenters. The highest BCUT2D eigenvalue weighted by Crippen LogP contribution is 2.44. The summed E-state index contributed by atoms with van der Waals surface area (Å²) in [6, 6.07) is 15.9. The lowest BCUT2D eigenvalue weighted by atomic mass is 9.92. The van der Waals surface area contributed by atoms with Crippen molar-refractivity contribution in [3.05, 3.63) is 80.8 Å². The van der Waals surface area contributed by atoms with Gasteiger partial charge in [0, 0.05) is 67.5 Å². The van der Waals surface area contributed by atoms with Crippen LogP contribution in [0.5, 0.6) is 0 Å². The molecule has 1 saturated heterocycles. The predicted molar refractivity (Wildman–Crippen MR) is 163 cm³/mol. The fraction of sp³-hybridized carbons (Fsp3) is 0.333. The molecule has 0 atom stereocenters. The molecule has 10 heteroatoms. The molecule has 0 saturated carbocycles. The lowest BCUT2D eigenvalue weighted by Crippen LogP contribution is -2.49. The van der Waals surface area contributed by atoms with Crippen LogP contribution in [0.3, 0.4) is 0 Å². The van der Waals surface area contributed by atoms with E-state index in [0.717, 1.165) is 56.0 Å². The number of benzene rings is 3. The van der Waals surface area contributed by atoms with E-state index in [1.54, 1.807) is 24.3 Å². The number of Topliss-reactive ketones (excluding diaryl/α,β-unsaturated/α-hetero) is 1. The van der Waals surface area contributed by atoms with Crippen molar-refractivity contribution >= 4 is 58.0 Å². The number of piperazine rings is 1. The second-order valence-electron chi connectivity index (χ2n) is 10.4. The zero-order valence-electron chi connectivity index (χ0n) is 22.6. The van der Waals surface area contributed by atoms with E-state index in [-0.39, 0.29) is 18.4 Å². The fourth-order valence-electron chi connectivity index (χ4n) is 5.21. The van der Waals surface area contributed by atoms with Gasteiger partial charge in [0.2, 0.25) is 0 Å². The van der Waals surface area contributed by atoms with Gasteiger partial charge in [-0.05, 0) is 50.0 Å². The molecule has 0 bridgehead atoms. The summed E-state index contributed by atoms with van der Waals surface area (Å²) in [7, 11) is 4.16. The van der Waals surface area contributed by atoms with Crippen molar-refractivity contribution in [1.29, 1.82) is 0 Å². The molecule has 3 aromatic rings. The normalized spacial score (nSPS) is 16.2. The molecule has 7 nitrogen and oxygen atoms in total. The first-order chi connectivity index (χ1) is 19.2. The number of halogens is 3. The Morgan fingerprint density at radius 2 is 1.52 bits per heavy atom. The lowest BCUT2D eigenvalue weighted by Gasteiger charge is -2.35. The van der Waals surface area contributed by atoms with Crippen molar-refractivity contribution in [3.63, 3.8) is 0 Å². The summed E-state index contributed by atoms with van der Waals surface area (Å²) in [5.41, 5.74) is 3.83. The maximum absolute atomic E-state index is 13.8. The van der Waals surface area contributed by atoms with Crippen LogP contribution in [0.4, 0.5) is 16.2 Å². The molecule has 0 radical (unpaired) electrons. The van der Waals surface area contributed by atoms with Gasteiger partial charge < -0.3 is 10.2 Å². The number of nitrogens with zero attached hydrogens (tertiary/aromatic N) is 4. The molecule has 0 aliphatic carbocycles. The van der Waals surface area contributed by atoms with Crippen LogP contribution in [-0.4, -0.2) is 86.4 Å².